The molecule has 1 fully saturated rings. The first-order valence-corrected chi connectivity index (χ1v) is 8.16. The molecule has 1 saturated heterocycles. The fraction of sp³-hybridized carbons (Fsp3) is 0.278. The van der Waals surface area contributed by atoms with Crippen LogP contribution in [0.5, 0.6) is 0 Å². The number of carbonyl (C=O) groups is 2. The molecular weight excluding hydrogens is 341 g/mol. The van der Waals surface area contributed by atoms with Crippen molar-refractivity contribution in [2.24, 2.45) is 11.8 Å². The summed E-state index contributed by atoms with van der Waals surface area (Å²) in [5.74, 6) is -3.15. The summed E-state index contributed by atoms with van der Waals surface area (Å²) in [6.45, 7) is 0.424. The van der Waals surface area contributed by atoms with Gasteiger partial charge in [0, 0.05) is 12.3 Å². The Bertz CT molecular complexity index is 877. The Hall–Kier alpha value is -3.00. The largest absolute Gasteiger partial charge is 0.481 e. The Morgan fingerprint density at radius 1 is 1.15 bits per heavy atom. The van der Waals surface area contributed by atoms with E-state index in [2.05, 4.69) is 10.4 Å². The standard InChI is InChI=1S/C18H16FN3O4/c19-11-3-1-10(2-4-11)9-22-8-7-14(21-22)20-17(23)15-12-5-6-13(26-12)16(15)18(24)25/h1-8,12-13,15-16H,9H2,(H,24,25)(H,20,21,23)/t12-,13+,15-,16+/m1/s1. The monoisotopic (exact) mass is 357 g/mol. The minimum atomic E-state index is -1.05. The first-order chi connectivity index (χ1) is 12.5. The summed E-state index contributed by atoms with van der Waals surface area (Å²) < 4.78 is 20.1. The average Bonchev–Trinajstić information content (AvgIpc) is 3.32. The lowest BCUT2D eigenvalue weighted by Gasteiger charge is -2.20. The number of anilines is 1. The number of benzene rings is 1. The highest BCUT2D eigenvalue weighted by atomic mass is 19.1. The Kier molecular flexibility index (Phi) is 4.04. The van der Waals surface area contributed by atoms with E-state index >= 15 is 0 Å². The van der Waals surface area contributed by atoms with Crippen LogP contribution in [0.25, 0.3) is 0 Å². The summed E-state index contributed by atoms with van der Waals surface area (Å²) in [4.78, 5) is 24.0. The molecule has 0 unspecified atom stereocenters. The van der Waals surface area contributed by atoms with Crippen molar-refractivity contribution in [1.29, 1.82) is 0 Å². The van der Waals surface area contributed by atoms with Gasteiger partial charge in [-0.25, -0.2) is 4.39 Å². The van der Waals surface area contributed by atoms with E-state index in [1.807, 2.05) is 0 Å². The van der Waals surface area contributed by atoms with Crippen LogP contribution in [0.15, 0.2) is 48.7 Å². The number of nitrogens with zero attached hydrogens (tertiary/aromatic N) is 2. The van der Waals surface area contributed by atoms with Crippen LogP contribution in [0.3, 0.4) is 0 Å². The number of carboxylic acid groups (broad SMARTS) is 1. The minimum absolute atomic E-state index is 0.308. The predicted molar refractivity (Wildman–Crippen MR) is 88.8 cm³/mol. The molecule has 1 aromatic carbocycles. The predicted octanol–water partition coefficient (Wildman–Crippen LogP) is 1.66. The number of carboxylic acids is 1. The van der Waals surface area contributed by atoms with Crippen LogP contribution in [0.4, 0.5) is 10.2 Å². The van der Waals surface area contributed by atoms with E-state index < -0.39 is 35.9 Å². The molecule has 2 bridgehead atoms. The SMILES string of the molecule is O=C(O)[C@@H]1[C@H](C(=O)Nc2ccn(Cc3ccc(F)cc3)n2)[C@H]2C=C[C@@H]1O2. The van der Waals surface area contributed by atoms with E-state index in [1.165, 1.54) is 12.1 Å². The summed E-state index contributed by atoms with van der Waals surface area (Å²) >= 11 is 0. The van der Waals surface area contributed by atoms with Crippen LogP contribution >= 0.6 is 0 Å². The lowest BCUT2D eigenvalue weighted by molar-refractivity contribution is -0.145. The first-order valence-electron chi connectivity index (χ1n) is 8.16. The van der Waals surface area contributed by atoms with Gasteiger partial charge in [0.25, 0.3) is 0 Å². The molecule has 4 atom stereocenters. The quantitative estimate of drug-likeness (QED) is 0.794. The van der Waals surface area contributed by atoms with Gasteiger partial charge in [-0.2, -0.15) is 5.10 Å². The van der Waals surface area contributed by atoms with Crippen LogP contribution in [0, 0.1) is 17.7 Å². The number of hydrogen-bond acceptors (Lipinski definition) is 4. The van der Waals surface area contributed by atoms with Crippen LogP contribution < -0.4 is 5.32 Å². The van der Waals surface area contributed by atoms with E-state index in [4.69, 9.17) is 4.74 Å². The summed E-state index contributed by atoms with van der Waals surface area (Å²) in [6, 6.07) is 7.69. The summed E-state index contributed by atoms with van der Waals surface area (Å²) in [5, 5.41) is 16.3. The topological polar surface area (TPSA) is 93.4 Å². The lowest BCUT2D eigenvalue weighted by atomic mass is 9.82. The number of halogens is 1. The number of hydrogen-bond donors (Lipinski definition) is 2. The molecule has 0 saturated carbocycles. The zero-order valence-electron chi connectivity index (χ0n) is 13.6. The molecule has 8 heteroatoms. The first kappa shape index (κ1) is 16.5. The van der Waals surface area contributed by atoms with Crippen molar-refractivity contribution < 1.29 is 23.8 Å². The molecule has 2 aromatic rings. The smallest absolute Gasteiger partial charge is 0.310 e. The van der Waals surface area contributed by atoms with Crippen molar-refractivity contribution in [3.8, 4) is 0 Å². The zero-order chi connectivity index (χ0) is 18.3. The number of amides is 1. The van der Waals surface area contributed by atoms with Gasteiger partial charge in [0.05, 0.1) is 24.7 Å². The molecule has 1 aromatic heterocycles. The highest BCUT2D eigenvalue weighted by Crippen LogP contribution is 2.39. The van der Waals surface area contributed by atoms with Gasteiger partial charge in [-0.15, -0.1) is 0 Å². The van der Waals surface area contributed by atoms with E-state index in [1.54, 1.807) is 41.2 Å². The second-order valence-electron chi connectivity index (χ2n) is 6.35. The Labute approximate surface area is 148 Å². The molecule has 0 radical (unpaired) electrons. The third-order valence-electron chi connectivity index (χ3n) is 4.64. The van der Waals surface area contributed by atoms with Gasteiger partial charge >= 0.3 is 5.97 Å². The molecule has 2 aliphatic rings. The fourth-order valence-corrected chi connectivity index (χ4v) is 3.42. The van der Waals surface area contributed by atoms with Gasteiger partial charge in [0.2, 0.25) is 5.91 Å². The van der Waals surface area contributed by atoms with Crippen LogP contribution in [-0.4, -0.2) is 39.0 Å². The zero-order valence-corrected chi connectivity index (χ0v) is 13.6. The second kappa shape index (κ2) is 6.38. The molecule has 7 nitrogen and oxygen atoms in total. The number of aromatic nitrogens is 2. The fourth-order valence-electron chi connectivity index (χ4n) is 3.42. The molecule has 134 valence electrons. The molecule has 1 amide bonds. The number of fused-ring (bicyclic) bond motifs is 2. The van der Waals surface area contributed by atoms with Gasteiger partial charge in [-0.1, -0.05) is 24.3 Å². The van der Waals surface area contributed by atoms with Gasteiger partial charge in [-0.05, 0) is 17.7 Å². The summed E-state index contributed by atoms with van der Waals surface area (Å²) in [7, 11) is 0. The van der Waals surface area contributed by atoms with Crippen molar-refractivity contribution in [2.75, 3.05) is 5.32 Å². The number of rotatable bonds is 5. The normalized spacial score (nSPS) is 26.2. The molecule has 3 heterocycles. The molecule has 2 N–H and O–H groups in total. The molecule has 26 heavy (non-hydrogen) atoms. The lowest BCUT2D eigenvalue weighted by Crippen LogP contribution is -2.39. The highest BCUT2D eigenvalue weighted by molar-refractivity contribution is 5.96. The Morgan fingerprint density at radius 2 is 1.85 bits per heavy atom. The second-order valence-corrected chi connectivity index (χ2v) is 6.35. The molecule has 0 spiro atoms. The minimum Gasteiger partial charge on any atom is -0.481 e. The van der Waals surface area contributed by atoms with Crippen molar-refractivity contribution in [3.05, 3.63) is 60.1 Å². The van der Waals surface area contributed by atoms with Gasteiger partial charge in [0.1, 0.15) is 11.7 Å². The summed E-state index contributed by atoms with van der Waals surface area (Å²) in [6.07, 6.45) is 4.00. The third kappa shape index (κ3) is 2.99. The van der Waals surface area contributed by atoms with E-state index in [9.17, 15) is 19.1 Å². The number of ether oxygens (including phenoxy) is 1. The van der Waals surface area contributed by atoms with Crippen molar-refractivity contribution in [2.45, 2.75) is 18.8 Å². The molecular formula is C18H16FN3O4. The maximum Gasteiger partial charge on any atom is 0.310 e. The van der Waals surface area contributed by atoms with Gasteiger partial charge < -0.3 is 15.2 Å². The number of carbonyl (C=O) groups excluding carboxylic acids is 1. The van der Waals surface area contributed by atoms with E-state index in [0.29, 0.717) is 12.4 Å². The van der Waals surface area contributed by atoms with Crippen LogP contribution in [-0.2, 0) is 20.9 Å². The summed E-state index contributed by atoms with van der Waals surface area (Å²) in [5.41, 5.74) is 0.866. The van der Waals surface area contributed by atoms with Gasteiger partial charge in [0.15, 0.2) is 5.82 Å². The molecule has 4 rings (SSSR count). The van der Waals surface area contributed by atoms with E-state index in [-0.39, 0.29) is 5.82 Å². The van der Waals surface area contributed by atoms with Crippen molar-refractivity contribution >= 4 is 17.7 Å². The maximum absolute atomic E-state index is 12.9. The van der Waals surface area contributed by atoms with Crippen molar-refractivity contribution in [3.63, 3.8) is 0 Å². The number of aliphatic carboxylic acids is 1. The Morgan fingerprint density at radius 3 is 2.54 bits per heavy atom. The third-order valence-corrected chi connectivity index (χ3v) is 4.64. The highest BCUT2D eigenvalue weighted by Gasteiger charge is 2.53. The van der Waals surface area contributed by atoms with Crippen molar-refractivity contribution in [1.82, 2.24) is 9.78 Å². The Balaban J connectivity index is 1.44. The average molecular weight is 357 g/mol. The van der Waals surface area contributed by atoms with Crippen LogP contribution in [0.1, 0.15) is 5.56 Å². The van der Waals surface area contributed by atoms with Crippen LogP contribution in [0.2, 0.25) is 0 Å². The van der Waals surface area contributed by atoms with Gasteiger partial charge in [-0.3, -0.25) is 14.3 Å². The molecule has 0 aliphatic carbocycles. The molecule has 2 aliphatic heterocycles. The van der Waals surface area contributed by atoms with E-state index in [0.717, 1.165) is 5.56 Å². The number of nitrogens with one attached hydrogen (secondary N) is 1. The maximum atomic E-state index is 12.9.